The molecule has 118 valence electrons. The first kappa shape index (κ1) is 16.5. The summed E-state index contributed by atoms with van der Waals surface area (Å²) in [4.78, 5) is 5.26. The Labute approximate surface area is 130 Å². The monoisotopic (exact) mass is 289 g/mol. The van der Waals surface area contributed by atoms with Crippen molar-refractivity contribution in [3.05, 3.63) is 35.4 Å². The van der Waals surface area contributed by atoms with Crippen LogP contribution in [0.1, 0.15) is 38.3 Å². The molecular weight excluding hydrogens is 258 g/mol. The summed E-state index contributed by atoms with van der Waals surface area (Å²) in [5.74, 6) is 0. The molecular formula is C18H31N3. The van der Waals surface area contributed by atoms with Gasteiger partial charge in [-0.2, -0.15) is 0 Å². The van der Waals surface area contributed by atoms with Crippen molar-refractivity contribution >= 4 is 0 Å². The van der Waals surface area contributed by atoms with Crippen LogP contribution >= 0.6 is 0 Å². The summed E-state index contributed by atoms with van der Waals surface area (Å²) in [5, 5.41) is 0. The quantitative estimate of drug-likeness (QED) is 0.873. The summed E-state index contributed by atoms with van der Waals surface area (Å²) in [6.45, 7) is 12.3. The first-order chi connectivity index (χ1) is 10.1. The largest absolute Gasteiger partial charge is 0.330 e. The van der Waals surface area contributed by atoms with Crippen LogP contribution in [0.5, 0.6) is 0 Å². The maximum Gasteiger partial charge on any atom is 0.0234 e. The van der Waals surface area contributed by atoms with Crippen molar-refractivity contribution in [1.82, 2.24) is 9.80 Å². The smallest absolute Gasteiger partial charge is 0.0234 e. The number of hydrogen-bond acceptors (Lipinski definition) is 3. The zero-order chi connectivity index (χ0) is 15.2. The minimum absolute atomic E-state index is 0.660. The van der Waals surface area contributed by atoms with Gasteiger partial charge in [0.1, 0.15) is 0 Å². The molecule has 1 aliphatic rings. The van der Waals surface area contributed by atoms with Crippen LogP contribution in [0.3, 0.4) is 0 Å². The van der Waals surface area contributed by atoms with Crippen molar-refractivity contribution in [2.24, 2.45) is 5.73 Å². The second kappa shape index (κ2) is 7.92. The summed E-state index contributed by atoms with van der Waals surface area (Å²) in [6, 6.07) is 10.3. The highest BCUT2D eigenvalue weighted by molar-refractivity contribution is 5.22. The number of rotatable bonds is 6. The van der Waals surface area contributed by atoms with Crippen molar-refractivity contribution in [2.45, 2.75) is 52.2 Å². The SMILES string of the molecule is CCC1CN(Cc2ccc(CCN)cc2)CCN1C(C)C. The number of nitrogens with two attached hydrogens (primary N) is 1. The Morgan fingerprint density at radius 1 is 1.14 bits per heavy atom. The second-order valence-electron chi connectivity index (χ2n) is 6.48. The Morgan fingerprint density at radius 3 is 2.38 bits per heavy atom. The molecule has 1 aromatic rings. The van der Waals surface area contributed by atoms with Gasteiger partial charge in [-0.15, -0.1) is 0 Å². The van der Waals surface area contributed by atoms with E-state index in [1.54, 1.807) is 0 Å². The minimum Gasteiger partial charge on any atom is -0.330 e. The van der Waals surface area contributed by atoms with Crippen molar-refractivity contribution < 1.29 is 0 Å². The third-order valence-electron chi connectivity index (χ3n) is 4.61. The van der Waals surface area contributed by atoms with Gasteiger partial charge in [0.05, 0.1) is 0 Å². The van der Waals surface area contributed by atoms with E-state index in [0.29, 0.717) is 12.1 Å². The van der Waals surface area contributed by atoms with Crippen molar-refractivity contribution in [1.29, 1.82) is 0 Å². The third-order valence-corrected chi connectivity index (χ3v) is 4.61. The predicted octanol–water partition coefficient (Wildman–Crippen LogP) is 2.49. The molecule has 0 radical (unpaired) electrons. The average Bonchev–Trinajstić information content (AvgIpc) is 2.49. The predicted molar refractivity (Wildman–Crippen MR) is 90.4 cm³/mol. The minimum atomic E-state index is 0.660. The normalized spacial score (nSPS) is 21.1. The summed E-state index contributed by atoms with van der Waals surface area (Å²) in [7, 11) is 0. The van der Waals surface area contributed by atoms with Gasteiger partial charge >= 0.3 is 0 Å². The van der Waals surface area contributed by atoms with Crippen LogP contribution in [0.15, 0.2) is 24.3 Å². The topological polar surface area (TPSA) is 32.5 Å². The van der Waals surface area contributed by atoms with E-state index in [1.807, 2.05) is 0 Å². The lowest BCUT2D eigenvalue weighted by Gasteiger charge is -2.43. The molecule has 1 saturated heterocycles. The first-order valence-electron chi connectivity index (χ1n) is 8.40. The van der Waals surface area contributed by atoms with E-state index >= 15 is 0 Å². The van der Waals surface area contributed by atoms with Crippen LogP contribution in [0, 0.1) is 0 Å². The van der Waals surface area contributed by atoms with Gasteiger partial charge in [0.25, 0.3) is 0 Å². The molecule has 0 saturated carbocycles. The molecule has 1 heterocycles. The zero-order valence-corrected chi connectivity index (χ0v) is 13.9. The maximum absolute atomic E-state index is 5.60. The third kappa shape index (κ3) is 4.53. The molecule has 3 nitrogen and oxygen atoms in total. The molecule has 1 atom stereocenters. The van der Waals surface area contributed by atoms with Crippen LogP contribution in [0.4, 0.5) is 0 Å². The Morgan fingerprint density at radius 2 is 1.81 bits per heavy atom. The van der Waals surface area contributed by atoms with E-state index < -0.39 is 0 Å². The number of piperazine rings is 1. The maximum atomic E-state index is 5.60. The van der Waals surface area contributed by atoms with E-state index in [4.69, 9.17) is 5.73 Å². The summed E-state index contributed by atoms with van der Waals surface area (Å²) < 4.78 is 0. The molecule has 1 unspecified atom stereocenters. The van der Waals surface area contributed by atoms with E-state index in [-0.39, 0.29) is 0 Å². The zero-order valence-electron chi connectivity index (χ0n) is 13.9. The van der Waals surface area contributed by atoms with Crippen LogP contribution in [0.2, 0.25) is 0 Å². The van der Waals surface area contributed by atoms with E-state index in [0.717, 1.165) is 19.5 Å². The summed E-state index contributed by atoms with van der Waals surface area (Å²) in [5.41, 5.74) is 8.37. The Bertz CT molecular complexity index is 413. The average molecular weight is 289 g/mol. The lowest BCUT2D eigenvalue weighted by molar-refractivity contribution is 0.0457. The van der Waals surface area contributed by atoms with E-state index in [9.17, 15) is 0 Å². The molecule has 3 heteroatoms. The number of nitrogens with zero attached hydrogens (tertiary/aromatic N) is 2. The molecule has 0 spiro atoms. The lowest BCUT2D eigenvalue weighted by Crippen LogP contribution is -2.54. The van der Waals surface area contributed by atoms with Gasteiger partial charge in [0.2, 0.25) is 0 Å². The van der Waals surface area contributed by atoms with E-state index in [2.05, 4.69) is 54.8 Å². The van der Waals surface area contributed by atoms with Crippen LogP contribution in [-0.4, -0.2) is 48.1 Å². The van der Waals surface area contributed by atoms with Crippen LogP contribution in [-0.2, 0) is 13.0 Å². The molecule has 1 fully saturated rings. The summed E-state index contributed by atoms with van der Waals surface area (Å²) in [6.07, 6.45) is 2.22. The Kier molecular flexibility index (Phi) is 6.22. The fourth-order valence-corrected chi connectivity index (χ4v) is 3.36. The first-order valence-corrected chi connectivity index (χ1v) is 8.40. The fourth-order valence-electron chi connectivity index (χ4n) is 3.36. The van der Waals surface area contributed by atoms with Gasteiger partial charge in [-0.25, -0.2) is 0 Å². The van der Waals surface area contributed by atoms with Crippen molar-refractivity contribution in [2.75, 3.05) is 26.2 Å². The van der Waals surface area contributed by atoms with Crippen molar-refractivity contribution in [3.8, 4) is 0 Å². The van der Waals surface area contributed by atoms with Gasteiger partial charge in [-0.3, -0.25) is 9.80 Å². The molecule has 0 aromatic heterocycles. The highest BCUT2D eigenvalue weighted by Crippen LogP contribution is 2.18. The van der Waals surface area contributed by atoms with Gasteiger partial charge < -0.3 is 5.73 Å². The number of benzene rings is 1. The van der Waals surface area contributed by atoms with E-state index in [1.165, 1.54) is 37.2 Å². The Hall–Kier alpha value is -0.900. The molecule has 2 rings (SSSR count). The van der Waals surface area contributed by atoms with Gasteiger partial charge in [-0.05, 0) is 44.4 Å². The fraction of sp³-hybridized carbons (Fsp3) is 0.667. The molecule has 0 aliphatic carbocycles. The highest BCUT2D eigenvalue weighted by Gasteiger charge is 2.27. The molecule has 2 N–H and O–H groups in total. The number of hydrogen-bond donors (Lipinski definition) is 1. The summed E-state index contributed by atoms with van der Waals surface area (Å²) >= 11 is 0. The van der Waals surface area contributed by atoms with Crippen molar-refractivity contribution in [3.63, 3.8) is 0 Å². The molecule has 0 bridgehead atoms. The Balaban J connectivity index is 1.91. The lowest BCUT2D eigenvalue weighted by atomic mass is 10.1. The van der Waals surface area contributed by atoms with Gasteiger partial charge in [-0.1, -0.05) is 31.2 Å². The van der Waals surface area contributed by atoms with Gasteiger partial charge in [0, 0.05) is 38.3 Å². The standard InChI is InChI=1S/C18H31N3/c1-4-18-14-20(11-12-21(18)15(2)3)13-17-7-5-16(6-8-17)9-10-19/h5-8,15,18H,4,9-14,19H2,1-3H3. The molecule has 0 amide bonds. The molecule has 1 aliphatic heterocycles. The molecule has 1 aromatic carbocycles. The highest BCUT2D eigenvalue weighted by atomic mass is 15.3. The van der Waals surface area contributed by atoms with Crippen LogP contribution < -0.4 is 5.73 Å². The second-order valence-corrected chi connectivity index (χ2v) is 6.48. The molecule has 21 heavy (non-hydrogen) atoms. The van der Waals surface area contributed by atoms with Gasteiger partial charge in [0.15, 0.2) is 0 Å². The van der Waals surface area contributed by atoms with Crippen LogP contribution in [0.25, 0.3) is 0 Å².